The maximum atomic E-state index is 13.5. The summed E-state index contributed by atoms with van der Waals surface area (Å²) in [6, 6.07) is 9.12. The molecule has 0 aromatic heterocycles. The number of hydrogen-bond acceptors (Lipinski definition) is 3. The van der Waals surface area contributed by atoms with Gasteiger partial charge in [0.25, 0.3) is 5.91 Å². The zero-order valence-corrected chi connectivity index (χ0v) is 15.7. The molecule has 2 aromatic rings. The fourth-order valence-electron chi connectivity index (χ4n) is 2.49. The fourth-order valence-corrected chi connectivity index (χ4v) is 3.13. The Kier molecular flexibility index (Phi) is 6.64. The highest BCUT2D eigenvalue weighted by molar-refractivity contribution is 6.37. The Bertz CT molecular complexity index is 745. The monoisotopic (exact) mass is 384 g/mol. The Balaban J connectivity index is 2.14. The minimum absolute atomic E-state index is 0.177. The number of nitrogens with zero attached hydrogens (tertiary/aromatic N) is 1. The molecular formula is C18H19Cl2FN2O2. The van der Waals surface area contributed by atoms with Crippen LogP contribution in [-0.2, 0) is 0 Å². The Morgan fingerprint density at radius 3 is 2.40 bits per heavy atom. The molecule has 25 heavy (non-hydrogen) atoms. The molecule has 1 amide bonds. The van der Waals surface area contributed by atoms with E-state index >= 15 is 0 Å². The van der Waals surface area contributed by atoms with Crippen LogP contribution in [0.15, 0.2) is 36.4 Å². The highest BCUT2D eigenvalue weighted by Gasteiger charge is 2.18. The molecule has 1 atom stereocenters. The molecular weight excluding hydrogens is 366 g/mol. The van der Waals surface area contributed by atoms with E-state index in [0.717, 1.165) is 5.56 Å². The molecule has 7 heteroatoms. The first-order chi connectivity index (χ1) is 11.8. The number of methoxy groups -OCH3 is 1. The molecule has 0 heterocycles. The molecule has 0 aliphatic carbocycles. The van der Waals surface area contributed by atoms with E-state index < -0.39 is 0 Å². The van der Waals surface area contributed by atoms with E-state index in [1.165, 1.54) is 31.4 Å². The molecule has 0 saturated carbocycles. The smallest absolute Gasteiger partial charge is 0.251 e. The summed E-state index contributed by atoms with van der Waals surface area (Å²) in [7, 11) is 5.18. The van der Waals surface area contributed by atoms with Crippen molar-refractivity contribution in [1.82, 2.24) is 10.2 Å². The van der Waals surface area contributed by atoms with Gasteiger partial charge in [-0.2, -0.15) is 0 Å². The van der Waals surface area contributed by atoms with Gasteiger partial charge in [0.15, 0.2) is 5.75 Å². The van der Waals surface area contributed by atoms with Crippen LogP contribution >= 0.6 is 23.2 Å². The minimum Gasteiger partial charge on any atom is -0.494 e. The number of carbonyl (C=O) groups excluding carboxylic acids is 1. The lowest BCUT2D eigenvalue weighted by atomic mass is 10.1. The molecule has 134 valence electrons. The first kappa shape index (κ1) is 19.5. The molecule has 4 nitrogen and oxygen atoms in total. The van der Waals surface area contributed by atoms with E-state index in [1.54, 1.807) is 6.07 Å². The summed E-state index contributed by atoms with van der Waals surface area (Å²) in [6.07, 6.45) is 0. The molecule has 0 bridgehead atoms. The molecule has 0 radical (unpaired) electrons. The largest absolute Gasteiger partial charge is 0.494 e. The zero-order chi connectivity index (χ0) is 18.6. The van der Waals surface area contributed by atoms with Gasteiger partial charge in [0, 0.05) is 12.1 Å². The third-order valence-corrected chi connectivity index (χ3v) is 4.34. The summed E-state index contributed by atoms with van der Waals surface area (Å²) < 4.78 is 18.5. The van der Waals surface area contributed by atoms with E-state index in [2.05, 4.69) is 5.32 Å². The van der Waals surface area contributed by atoms with Crippen molar-refractivity contribution in [3.05, 3.63) is 63.4 Å². The second kappa shape index (κ2) is 8.52. The number of carbonyl (C=O) groups is 1. The van der Waals surface area contributed by atoms with Gasteiger partial charge in [-0.3, -0.25) is 4.79 Å². The SMILES string of the molecule is COc1c(Cl)cc(C(=O)NC[C@@H](c2cccc(F)c2)N(C)C)cc1Cl. The van der Waals surface area contributed by atoms with Gasteiger partial charge >= 0.3 is 0 Å². The van der Waals surface area contributed by atoms with Gasteiger partial charge in [0.1, 0.15) is 5.82 Å². The lowest BCUT2D eigenvalue weighted by Crippen LogP contribution is -2.34. The molecule has 0 saturated heterocycles. The first-order valence-electron chi connectivity index (χ1n) is 7.56. The Morgan fingerprint density at radius 2 is 1.88 bits per heavy atom. The maximum absolute atomic E-state index is 13.5. The van der Waals surface area contributed by atoms with Crippen molar-refractivity contribution in [2.75, 3.05) is 27.7 Å². The second-order valence-electron chi connectivity index (χ2n) is 5.72. The van der Waals surface area contributed by atoms with Crippen LogP contribution in [0.3, 0.4) is 0 Å². The third-order valence-electron chi connectivity index (χ3n) is 3.78. The normalized spacial score (nSPS) is 12.1. The minimum atomic E-state index is -0.324. The molecule has 0 spiro atoms. The predicted octanol–water partition coefficient (Wildman–Crippen LogP) is 4.17. The van der Waals surface area contributed by atoms with Crippen LogP contribution in [0.25, 0.3) is 0 Å². The zero-order valence-electron chi connectivity index (χ0n) is 14.1. The average Bonchev–Trinajstić information content (AvgIpc) is 2.54. The standard InChI is InChI=1S/C18H19Cl2FN2O2/c1-23(2)16(11-5-4-6-13(21)7-11)10-22-18(24)12-8-14(19)17(25-3)15(20)9-12/h4-9,16H,10H2,1-3H3,(H,22,24)/t16-/m0/s1. The number of rotatable bonds is 6. The summed E-state index contributed by atoms with van der Waals surface area (Å²) in [5.41, 5.74) is 1.10. The highest BCUT2D eigenvalue weighted by atomic mass is 35.5. The number of nitrogens with one attached hydrogen (secondary N) is 1. The van der Waals surface area contributed by atoms with E-state index in [-0.39, 0.29) is 27.8 Å². The van der Waals surface area contributed by atoms with Gasteiger partial charge in [-0.1, -0.05) is 35.3 Å². The number of ether oxygens (including phenoxy) is 1. The maximum Gasteiger partial charge on any atom is 0.251 e. The van der Waals surface area contributed by atoms with Crippen LogP contribution in [0, 0.1) is 5.82 Å². The van der Waals surface area contributed by atoms with Crippen LogP contribution in [0.4, 0.5) is 4.39 Å². The van der Waals surface area contributed by atoms with Crippen molar-refractivity contribution in [2.45, 2.75) is 6.04 Å². The summed E-state index contributed by atoms with van der Waals surface area (Å²) in [5, 5.41) is 3.35. The summed E-state index contributed by atoms with van der Waals surface area (Å²) in [6.45, 7) is 0.302. The Morgan fingerprint density at radius 1 is 1.24 bits per heavy atom. The lowest BCUT2D eigenvalue weighted by Gasteiger charge is -2.25. The van der Waals surface area contributed by atoms with E-state index in [1.807, 2.05) is 25.1 Å². The molecule has 0 unspecified atom stereocenters. The quantitative estimate of drug-likeness (QED) is 0.812. The molecule has 2 rings (SSSR count). The molecule has 0 fully saturated rings. The lowest BCUT2D eigenvalue weighted by molar-refractivity contribution is 0.0942. The van der Waals surface area contributed by atoms with Crippen molar-refractivity contribution in [3.8, 4) is 5.75 Å². The van der Waals surface area contributed by atoms with Gasteiger partial charge in [-0.25, -0.2) is 4.39 Å². The fraction of sp³-hybridized carbons (Fsp3) is 0.278. The van der Waals surface area contributed by atoms with Crippen molar-refractivity contribution >= 4 is 29.1 Å². The second-order valence-corrected chi connectivity index (χ2v) is 6.53. The van der Waals surface area contributed by atoms with Crippen molar-refractivity contribution in [3.63, 3.8) is 0 Å². The number of amides is 1. The van der Waals surface area contributed by atoms with E-state index in [0.29, 0.717) is 17.9 Å². The summed E-state index contributed by atoms with van der Waals surface area (Å²) >= 11 is 12.1. The molecule has 1 N–H and O–H groups in total. The average molecular weight is 385 g/mol. The van der Waals surface area contributed by atoms with Gasteiger partial charge in [-0.15, -0.1) is 0 Å². The van der Waals surface area contributed by atoms with Crippen molar-refractivity contribution in [1.29, 1.82) is 0 Å². The molecule has 0 aliphatic heterocycles. The summed E-state index contributed by atoms with van der Waals surface area (Å²) in [5.74, 6) is -0.315. The van der Waals surface area contributed by atoms with Crippen LogP contribution in [0.5, 0.6) is 5.75 Å². The van der Waals surface area contributed by atoms with Crippen LogP contribution in [0.2, 0.25) is 10.0 Å². The third kappa shape index (κ3) is 4.84. The topological polar surface area (TPSA) is 41.6 Å². The Hall–Kier alpha value is -1.82. The number of halogens is 3. The van der Waals surface area contributed by atoms with Crippen LogP contribution in [0.1, 0.15) is 22.0 Å². The highest BCUT2D eigenvalue weighted by Crippen LogP contribution is 2.33. The number of hydrogen-bond donors (Lipinski definition) is 1. The van der Waals surface area contributed by atoms with Gasteiger partial charge in [0.05, 0.1) is 23.2 Å². The van der Waals surface area contributed by atoms with E-state index in [4.69, 9.17) is 27.9 Å². The van der Waals surface area contributed by atoms with E-state index in [9.17, 15) is 9.18 Å². The number of benzene rings is 2. The molecule has 0 aliphatic rings. The van der Waals surface area contributed by atoms with Crippen LogP contribution < -0.4 is 10.1 Å². The Labute approximate surface area is 156 Å². The first-order valence-corrected chi connectivity index (χ1v) is 8.32. The number of likely N-dealkylation sites (N-methyl/N-ethyl adjacent to an activating group) is 1. The summed E-state index contributed by atoms with van der Waals surface area (Å²) in [4.78, 5) is 14.3. The van der Waals surface area contributed by atoms with Crippen molar-refractivity contribution < 1.29 is 13.9 Å². The van der Waals surface area contributed by atoms with Gasteiger partial charge in [0.2, 0.25) is 0 Å². The van der Waals surface area contributed by atoms with Crippen LogP contribution in [-0.4, -0.2) is 38.6 Å². The van der Waals surface area contributed by atoms with Gasteiger partial charge < -0.3 is 15.0 Å². The van der Waals surface area contributed by atoms with Gasteiger partial charge in [-0.05, 0) is 43.9 Å². The molecule has 2 aromatic carbocycles. The predicted molar refractivity (Wildman–Crippen MR) is 98.2 cm³/mol. The van der Waals surface area contributed by atoms with Crippen molar-refractivity contribution in [2.24, 2.45) is 0 Å².